The quantitative estimate of drug-likeness (QED) is 0.679. The largest absolute Gasteiger partial charge is 0.497 e. The van der Waals surface area contributed by atoms with Crippen LogP contribution in [0.1, 0.15) is 22.3 Å². The molecule has 0 unspecified atom stereocenters. The molecule has 1 N–H and O–H groups in total. The number of anilines is 1. The van der Waals surface area contributed by atoms with Crippen LogP contribution >= 0.6 is 0 Å². The maximum Gasteiger partial charge on any atom is 0.266 e. The Morgan fingerprint density at radius 3 is 2.21 bits per heavy atom. The summed E-state index contributed by atoms with van der Waals surface area (Å²) in [6.07, 6.45) is 1.56. The van der Waals surface area contributed by atoms with Crippen molar-refractivity contribution in [3.63, 3.8) is 0 Å². The predicted octanol–water partition coefficient (Wildman–Crippen LogP) is 4.17. The van der Waals surface area contributed by atoms with Crippen LogP contribution in [0.3, 0.4) is 0 Å². The zero-order valence-corrected chi connectivity index (χ0v) is 14.3. The highest BCUT2D eigenvalue weighted by Crippen LogP contribution is 2.23. The van der Waals surface area contributed by atoms with Crippen molar-refractivity contribution in [2.24, 2.45) is 0 Å². The average molecular weight is 320 g/mol. The molecule has 0 aliphatic carbocycles. The van der Waals surface area contributed by atoms with Gasteiger partial charge in [-0.2, -0.15) is 5.26 Å². The second-order valence-electron chi connectivity index (χ2n) is 5.67. The third kappa shape index (κ3) is 4.02. The van der Waals surface area contributed by atoms with Crippen LogP contribution in [0, 0.1) is 32.1 Å². The molecule has 2 aromatic carbocycles. The molecule has 0 aromatic heterocycles. The van der Waals surface area contributed by atoms with E-state index in [4.69, 9.17) is 4.74 Å². The second kappa shape index (κ2) is 7.47. The lowest BCUT2D eigenvalue weighted by Crippen LogP contribution is -2.15. The number of carbonyl (C=O) groups is 1. The molecule has 122 valence electrons. The van der Waals surface area contributed by atoms with Gasteiger partial charge in [-0.15, -0.1) is 0 Å². The van der Waals surface area contributed by atoms with Gasteiger partial charge >= 0.3 is 0 Å². The number of nitriles is 1. The highest BCUT2D eigenvalue weighted by atomic mass is 16.5. The van der Waals surface area contributed by atoms with Gasteiger partial charge in [0.05, 0.1) is 7.11 Å². The minimum Gasteiger partial charge on any atom is -0.497 e. The molecule has 0 bridgehead atoms. The Morgan fingerprint density at radius 2 is 1.71 bits per heavy atom. The van der Waals surface area contributed by atoms with Gasteiger partial charge in [0.1, 0.15) is 17.4 Å². The number of rotatable bonds is 4. The molecule has 0 saturated carbocycles. The second-order valence-corrected chi connectivity index (χ2v) is 5.67. The van der Waals surface area contributed by atoms with E-state index in [2.05, 4.69) is 5.32 Å². The van der Waals surface area contributed by atoms with Crippen LogP contribution in [-0.2, 0) is 4.79 Å². The molecular weight excluding hydrogens is 300 g/mol. The molecule has 2 aromatic rings. The first kappa shape index (κ1) is 17.3. The first-order valence-corrected chi connectivity index (χ1v) is 7.59. The summed E-state index contributed by atoms with van der Waals surface area (Å²) in [5, 5.41) is 12.2. The topological polar surface area (TPSA) is 62.1 Å². The van der Waals surface area contributed by atoms with Crippen molar-refractivity contribution in [2.75, 3.05) is 12.4 Å². The van der Waals surface area contributed by atoms with Gasteiger partial charge in [-0.3, -0.25) is 4.79 Å². The first-order chi connectivity index (χ1) is 11.4. The van der Waals surface area contributed by atoms with Crippen LogP contribution in [0.5, 0.6) is 5.75 Å². The van der Waals surface area contributed by atoms with Crippen molar-refractivity contribution in [3.05, 3.63) is 64.2 Å². The smallest absolute Gasteiger partial charge is 0.266 e. The van der Waals surface area contributed by atoms with Crippen molar-refractivity contribution in [2.45, 2.75) is 20.8 Å². The van der Waals surface area contributed by atoms with Crippen molar-refractivity contribution in [1.82, 2.24) is 0 Å². The van der Waals surface area contributed by atoms with Gasteiger partial charge in [-0.05, 0) is 55.7 Å². The summed E-state index contributed by atoms with van der Waals surface area (Å²) in [4.78, 5) is 12.4. The normalized spacial score (nSPS) is 10.9. The van der Waals surface area contributed by atoms with Crippen LogP contribution in [0.25, 0.3) is 6.08 Å². The standard InChI is InChI=1S/C20H20N2O2/c1-13-9-14(2)19(15(3)10-13)22-20(23)17(12-21)11-16-5-7-18(24-4)8-6-16/h5-11H,1-4H3,(H,22,23)/b17-11-. The minimum atomic E-state index is -0.414. The number of methoxy groups -OCH3 is 1. The van der Waals surface area contributed by atoms with Gasteiger partial charge in [-0.25, -0.2) is 0 Å². The number of hydrogen-bond acceptors (Lipinski definition) is 3. The van der Waals surface area contributed by atoms with Crippen LogP contribution in [0.4, 0.5) is 5.69 Å². The van der Waals surface area contributed by atoms with Gasteiger partial charge in [0.25, 0.3) is 5.91 Å². The van der Waals surface area contributed by atoms with E-state index >= 15 is 0 Å². The van der Waals surface area contributed by atoms with Gasteiger partial charge in [0, 0.05) is 5.69 Å². The maximum atomic E-state index is 12.4. The summed E-state index contributed by atoms with van der Waals surface area (Å²) in [6, 6.07) is 13.1. The lowest BCUT2D eigenvalue weighted by atomic mass is 10.0. The molecule has 0 saturated heterocycles. The Labute approximate surface area is 142 Å². The van der Waals surface area contributed by atoms with Crippen molar-refractivity contribution < 1.29 is 9.53 Å². The lowest BCUT2D eigenvalue weighted by molar-refractivity contribution is -0.112. The zero-order chi connectivity index (χ0) is 17.7. The summed E-state index contributed by atoms with van der Waals surface area (Å²) in [7, 11) is 1.59. The Morgan fingerprint density at radius 1 is 1.12 bits per heavy atom. The molecule has 4 heteroatoms. The van der Waals surface area contributed by atoms with Gasteiger partial charge < -0.3 is 10.1 Å². The van der Waals surface area contributed by atoms with Crippen molar-refractivity contribution >= 4 is 17.7 Å². The molecule has 0 aliphatic rings. The highest BCUT2D eigenvalue weighted by molar-refractivity contribution is 6.10. The molecule has 24 heavy (non-hydrogen) atoms. The third-order valence-electron chi connectivity index (χ3n) is 3.71. The molecule has 1 amide bonds. The van der Waals surface area contributed by atoms with Crippen molar-refractivity contribution in [1.29, 1.82) is 5.26 Å². The van der Waals surface area contributed by atoms with E-state index in [9.17, 15) is 10.1 Å². The molecule has 0 radical (unpaired) electrons. The molecule has 0 aliphatic heterocycles. The number of benzene rings is 2. The number of amides is 1. The fourth-order valence-electron chi connectivity index (χ4n) is 2.57. The molecule has 0 heterocycles. The molecule has 0 fully saturated rings. The lowest BCUT2D eigenvalue weighted by Gasteiger charge is -2.12. The Hall–Kier alpha value is -3.06. The minimum absolute atomic E-state index is 0.0551. The van der Waals surface area contributed by atoms with Crippen LogP contribution < -0.4 is 10.1 Å². The SMILES string of the molecule is COc1ccc(/C=C(/C#N)C(=O)Nc2c(C)cc(C)cc2C)cc1. The summed E-state index contributed by atoms with van der Waals surface area (Å²) in [5.74, 6) is 0.310. The maximum absolute atomic E-state index is 12.4. The van der Waals surface area contributed by atoms with E-state index in [-0.39, 0.29) is 5.57 Å². The van der Waals surface area contributed by atoms with Crippen LogP contribution in [0.2, 0.25) is 0 Å². The summed E-state index contributed by atoms with van der Waals surface area (Å²) in [6.45, 7) is 5.89. The number of hydrogen-bond donors (Lipinski definition) is 1. The van der Waals surface area contributed by atoms with Gasteiger partial charge in [0.15, 0.2) is 0 Å². The van der Waals surface area contributed by atoms with Gasteiger partial charge in [0.2, 0.25) is 0 Å². The number of nitrogens with zero attached hydrogens (tertiary/aromatic N) is 1. The number of nitrogens with one attached hydrogen (secondary N) is 1. The molecular formula is C20H20N2O2. The van der Waals surface area contributed by atoms with Gasteiger partial charge in [-0.1, -0.05) is 29.8 Å². The summed E-state index contributed by atoms with van der Waals surface area (Å²) < 4.78 is 5.10. The Kier molecular flexibility index (Phi) is 5.39. The summed E-state index contributed by atoms with van der Waals surface area (Å²) in [5.41, 5.74) is 4.66. The molecule has 4 nitrogen and oxygen atoms in total. The Bertz CT molecular complexity index is 805. The van der Waals surface area contributed by atoms with E-state index < -0.39 is 5.91 Å². The monoisotopic (exact) mass is 320 g/mol. The van der Waals surface area contributed by atoms with Crippen molar-refractivity contribution in [3.8, 4) is 11.8 Å². The third-order valence-corrected chi connectivity index (χ3v) is 3.71. The average Bonchev–Trinajstić information content (AvgIpc) is 2.56. The number of ether oxygens (including phenoxy) is 1. The zero-order valence-electron chi connectivity index (χ0n) is 14.3. The molecule has 0 spiro atoms. The first-order valence-electron chi connectivity index (χ1n) is 7.59. The Balaban J connectivity index is 2.26. The molecule has 0 atom stereocenters. The fraction of sp³-hybridized carbons (Fsp3) is 0.200. The predicted molar refractivity (Wildman–Crippen MR) is 95.9 cm³/mol. The summed E-state index contributed by atoms with van der Waals surface area (Å²) >= 11 is 0. The van der Waals surface area contributed by atoms with Crippen LogP contribution in [-0.4, -0.2) is 13.0 Å². The number of carbonyl (C=O) groups excluding carboxylic acids is 1. The van der Waals surface area contributed by atoms with E-state index in [1.54, 1.807) is 37.5 Å². The molecule has 2 rings (SSSR count). The number of aryl methyl sites for hydroxylation is 3. The van der Waals surface area contributed by atoms with E-state index in [1.807, 2.05) is 39.0 Å². The van der Waals surface area contributed by atoms with Crippen LogP contribution in [0.15, 0.2) is 42.0 Å². The van der Waals surface area contributed by atoms with E-state index in [0.717, 1.165) is 33.7 Å². The highest BCUT2D eigenvalue weighted by Gasteiger charge is 2.13. The fourth-order valence-corrected chi connectivity index (χ4v) is 2.57. The van der Waals surface area contributed by atoms with E-state index in [1.165, 1.54) is 0 Å². The van der Waals surface area contributed by atoms with E-state index in [0.29, 0.717) is 0 Å².